The van der Waals surface area contributed by atoms with Gasteiger partial charge < -0.3 is 24.6 Å². The quantitative estimate of drug-likeness (QED) is 0.459. The number of para-hydroxylation sites is 1. The van der Waals surface area contributed by atoms with Crippen molar-refractivity contribution in [2.75, 3.05) is 36.4 Å². The maximum Gasteiger partial charge on any atom is 0.490 e. The molecule has 2 saturated heterocycles. The lowest BCUT2D eigenvalue weighted by Gasteiger charge is -2.41. The topological polar surface area (TPSA) is 86.0 Å². The molecule has 12 heteroatoms. The molecule has 0 bridgehead atoms. The van der Waals surface area contributed by atoms with E-state index in [4.69, 9.17) is 25.9 Å². The van der Waals surface area contributed by atoms with Crippen molar-refractivity contribution in [3.63, 3.8) is 0 Å². The Balaban J connectivity index is 0.000000429. The number of likely N-dealkylation sites (tertiary alicyclic amines) is 1. The average Bonchev–Trinajstić information content (AvgIpc) is 3.26. The Labute approximate surface area is 214 Å². The van der Waals surface area contributed by atoms with Crippen LogP contribution in [0.1, 0.15) is 42.7 Å². The maximum absolute atomic E-state index is 12.5. The Hall–Kier alpha value is -2.24. The molecule has 7 nitrogen and oxygen atoms in total. The molecule has 0 unspecified atom stereocenters. The molecule has 0 saturated carbocycles. The summed E-state index contributed by atoms with van der Waals surface area (Å²) in [5.74, 6) is -2.77. The number of hydrogen-bond acceptors (Lipinski definition) is 5. The molecular formula is C23H26BrClF3N3O4. The van der Waals surface area contributed by atoms with E-state index in [1.54, 1.807) is 12.1 Å². The lowest BCUT2D eigenvalue weighted by Crippen LogP contribution is -2.47. The van der Waals surface area contributed by atoms with Crippen LogP contribution in [0.15, 0.2) is 39.4 Å². The number of nitrogens with one attached hydrogen (secondary N) is 1. The summed E-state index contributed by atoms with van der Waals surface area (Å²) in [4.78, 5) is 26.4. The second-order valence-electron chi connectivity index (χ2n) is 8.31. The average molecular weight is 581 g/mol. The normalized spacial score (nSPS) is 17.5. The number of hydrogen-bond donors (Lipinski definition) is 2. The first kappa shape index (κ1) is 27.3. The summed E-state index contributed by atoms with van der Waals surface area (Å²) in [5.41, 5.74) is 1.63. The van der Waals surface area contributed by atoms with Gasteiger partial charge in [-0.3, -0.25) is 4.79 Å². The maximum atomic E-state index is 12.5. The van der Waals surface area contributed by atoms with Crippen molar-refractivity contribution in [3.8, 4) is 0 Å². The van der Waals surface area contributed by atoms with Crippen molar-refractivity contribution in [2.45, 2.75) is 44.3 Å². The highest BCUT2D eigenvalue weighted by atomic mass is 79.9. The number of carboxylic acids is 1. The number of carbonyl (C=O) groups excluding carboxylic acids is 1. The van der Waals surface area contributed by atoms with Crippen LogP contribution in [0.4, 0.5) is 24.5 Å². The molecule has 192 valence electrons. The first-order valence-corrected chi connectivity index (χ1v) is 12.4. The standard InChI is InChI=1S/C21H25BrClN3O2.C2HF3O2/c22-19-8-7-18(28-19)21(27)24-17-6-4-5-16(23)20(17)26-13-9-15(10-14-26)25-11-2-1-3-12-25;3-2(4,5)1(6)7/h4-8,15H,1-3,9-14H2,(H,24,27);(H,6,7). The van der Waals surface area contributed by atoms with Crippen molar-refractivity contribution in [3.05, 3.63) is 45.8 Å². The van der Waals surface area contributed by atoms with E-state index < -0.39 is 12.1 Å². The summed E-state index contributed by atoms with van der Waals surface area (Å²) in [6, 6.07) is 9.66. The predicted octanol–water partition coefficient (Wildman–Crippen LogP) is 6.04. The smallest absolute Gasteiger partial charge is 0.475 e. The zero-order chi connectivity index (χ0) is 25.6. The molecule has 2 aliphatic heterocycles. The number of alkyl halides is 3. The Morgan fingerprint density at radius 1 is 1.06 bits per heavy atom. The van der Waals surface area contributed by atoms with E-state index in [9.17, 15) is 18.0 Å². The number of nitrogens with zero attached hydrogens (tertiary/aromatic N) is 2. The largest absolute Gasteiger partial charge is 0.490 e. The summed E-state index contributed by atoms with van der Waals surface area (Å²) in [7, 11) is 0. The van der Waals surface area contributed by atoms with Gasteiger partial charge in [0.1, 0.15) is 0 Å². The molecular weight excluding hydrogens is 555 g/mol. The van der Waals surface area contributed by atoms with Gasteiger partial charge in [-0.15, -0.1) is 0 Å². The highest BCUT2D eigenvalue weighted by molar-refractivity contribution is 9.10. The van der Waals surface area contributed by atoms with Crippen molar-refractivity contribution < 1.29 is 32.3 Å². The van der Waals surface area contributed by atoms with Gasteiger partial charge in [0.25, 0.3) is 5.91 Å². The third-order valence-corrected chi connectivity index (χ3v) is 6.69. The van der Waals surface area contributed by atoms with E-state index in [-0.39, 0.29) is 11.7 Å². The van der Waals surface area contributed by atoms with Gasteiger partial charge in [0, 0.05) is 19.1 Å². The fraction of sp³-hybridized carbons (Fsp3) is 0.478. The number of halogens is 5. The summed E-state index contributed by atoms with van der Waals surface area (Å²) in [6.45, 7) is 4.35. The van der Waals surface area contributed by atoms with Crippen molar-refractivity contribution in [2.24, 2.45) is 0 Å². The van der Waals surface area contributed by atoms with Gasteiger partial charge in [0.05, 0.1) is 16.4 Å². The second kappa shape index (κ2) is 12.1. The SMILES string of the molecule is O=C(Nc1cccc(Cl)c1N1CCC(N2CCCCC2)CC1)c1ccc(Br)o1.O=C(O)C(F)(F)F. The molecule has 0 aliphatic carbocycles. The predicted molar refractivity (Wildman–Crippen MR) is 130 cm³/mol. The van der Waals surface area contributed by atoms with Gasteiger partial charge in [0.15, 0.2) is 10.4 Å². The first-order valence-electron chi connectivity index (χ1n) is 11.2. The van der Waals surface area contributed by atoms with E-state index >= 15 is 0 Å². The van der Waals surface area contributed by atoms with E-state index in [2.05, 4.69) is 31.0 Å². The molecule has 2 aliphatic rings. The highest BCUT2D eigenvalue weighted by Crippen LogP contribution is 2.36. The molecule has 1 aromatic carbocycles. The van der Waals surface area contributed by atoms with E-state index in [0.29, 0.717) is 15.7 Å². The first-order chi connectivity index (χ1) is 16.6. The van der Waals surface area contributed by atoms with Gasteiger partial charge in [-0.05, 0) is 79.0 Å². The molecule has 0 spiro atoms. The van der Waals surface area contributed by atoms with Crippen LogP contribution in [0.2, 0.25) is 5.02 Å². The minimum absolute atomic E-state index is 0.265. The minimum atomic E-state index is -5.08. The molecule has 3 heterocycles. The summed E-state index contributed by atoms with van der Waals surface area (Å²) in [5, 5.41) is 10.7. The Bertz CT molecular complexity index is 1020. The Kier molecular flexibility index (Phi) is 9.48. The van der Waals surface area contributed by atoms with Gasteiger partial charge >= 0.3 is 12.1 Å². The van der Waals surface area contributed by atoms with Crippen molar-refractivity contribution >= 4 is 50.8 Å². The zero-order valence-corrected chi connectivity index (χ0v) is 21.1. The highest BCUT2D eigenvalue weighted by Gasteiger charge is 2.38. The van der Waals surface area contributed by atoms with Crippen LogP contribution in [-0.2, 0) is 4.79 Å². The number of amides is 1. The van der Waals surface area contributed by atoms with Crippen LogP contribution >= 0.6 is 27.5 Å². The van der Waals surface area contributed by atoms with Crippen LogP contribution in [0.3, 0.4) is 0 Å². The van der Waals surface area contributed by atoms with E-state index in [1.807, 2.05) is 18.2 Å². The van der Waals surface area contributed by atoms with Gasteiger partial charge in [-0.2, -0.15) is 13.2 Å². The summed E-state index contributed by atoms with van der Waals surface area (Å²) in [6.07, 6.45) is 1.19. The number of benzene rings is 1. The number of aliphatic carboxylic acids is 1. The molecule has 35 heavy (non-hydrogen) atoms. The van der Waals surface area contributed by atoms with Crippen LogP contribution < -0.4 is 10.2 Å². The number of anilines is 2. The fourth-order valence-electron chi connectivity index (χ4n) is 4.30. The molecule has 2 fully saturated rings. The molecule has 0 atom stereocenters. The molecule has 4 rings (SSSR count). The van der Waals surface area contributed by atoms with Gasteiger partial charge in [0.2, 0.25) is 0 Å². The number of piperidine rings is 2. The van der Waals surface area contributed by atoms with Gasteiger partial charge in [-0.1, -0.05) is 24.1 Å². The number of carbonyl (C=O) groups is 2. The van der Waals surface area contributed by atoms with Crippen LogP contribution in [-0.4, -0.2) is 60.3 Å². The third kappa shape index (κ3) is 7.62. The van der Waals surface area contributed by atoms with Gasteiger partial charge in [-0.25, -0.2) is 4.79 Å². The Morgan fingerprint density at radius 3 is 2.23 bits per heavy atom. The monoisotopic (exact) mass is 579 g/mol. The van der Waals surface area contributed by atoms with Crippen LogP contribution in [0.25, 0.3) is 0 Å². The Morgan fingerprint density at radius 2 is 1.69 bits per heavy atom. The third-order valence-electron chi connectivity index (χ3n) is 5.96. The summed E-state index contributed by atoms with van der Waals surface area (Å²) < 4.78 is 37.6. The molecule has 2 N–H and O–H groups in total. The minimum Gasteiger partial charge on any atom is -0.475 e. The van der Waals surface area contributed by atoms with Crippen molar-refractivity contribution in [1.29, 1.82) is 0 Å². The van der Waals surface area contributed by atoms with E-state index in [1.165, 1.54) is 32.4 Å². The fourth-order valence-corrected chi connectivity index (χ4v) is 4.90. The second-order valence-corrected chi connectivity index (χ2v) is 9.50. The van der Waals surface area contributed by atoms with Crippen molar-refractivity contribution in [1.82, 2.24) is 4.90 Å². The number of carboxylic acid groups (broad SMARTS) is 1. The molecule has 1 amide bonds. The summed E-state index contributed by atoms with van der Waals surface area (Å²) >= 11 is 9.78. The number of rotatable bonds is 4. The molecule has 1 aromatic heterocycles. The zero-order valence-electron chi connectivity index (χ0n) is 18.8. The van der Waals surface area contributed by atoms with Crippen LogP contribution in [0.5, 0.6) is 0 Å². The molecule has 2 aromatic rings. The number of furan rings is 1. The van der Waals surface area contributed by atoms with E-state index in [0.717, 1.165) is 37.3 Å². The lowest BCUT2D eigenvalue weighted by atomic mass is 9.99. The lowest BCUT2D eigenvalue weighted by molar-refractivity contribution is -0.192. The van der Waals surface area contributed by atoms with Crippen LogP contribution in [0, 0.1) is 0 Å². The molecule has 0 radical (unpaired) electrons.